The molecule has 0 spiro atoms. The highest BCUT2D eigenvalue weighted by Gasteiger charge is 2.58. The number of anilines is 1. The lowest BCUT2D eigenvalue weighted by molar-refractivity contribution is -0.187. The van der Waals surface area contributed by atoms with Gasteiger partial charge >= 0.3 is 11.9 Å². The van der Waals surface area contributed by atoms with Gasteiger partial charge in [0, 0.05) is 31.5 Å². The lowest BCUT2D eigenvalue weighted by Gasteiger charge is -2.38. The van der Waals surface area contributed by atoms with Crippen LogP contribution in [0.1, 0.15) is 37.5 Å². The van der Waals surface area contributed by atoms with Crippen molar-refractivity contribution in [2.45, 2.75) is 39.4 Å². The predicted octanol–water partition coefficient (Wildman–Crippen LogP) is 2.92. The van der Waals surface area contributed by atoms with Gasteiger partial charge < -0.3 is 19.5 Å². The van der Waals surface area contributed by atoms with Gasteiger partial charge in [-0.15, -0.1) is 0 Å². The normalized spacial score (nSPS) is 19.5. The number of methoxy groups -OCH3 is 1. The SMILES string of the molecule is COC(=O)C1(OC(C)=O)C(=O)C(C)Cc2cc(NC(C)=O)cc(OCc3ccccc3)c21. The molecule has 1 amide bonds. The summed E-state index contributed by atoms with van der Waals surface area (Å²) in [5.41, 5.74) is -0.361. The molecule has 1 aliphatic rings. The standard InChI is InChI=1S/C24H25NO7/c1-14-10-18-11-19(25-15(2)26)12-20(31-13-17-8-6-5-7-9-17)21(18)24(22(14)28,23(29)30-4)32-16(3)27/h5-9,11-12,14H,10,13H2,1-4H3,(H,25,26). The molecule has 8 nitrogen and oxygen atoms in total. The molecular formula is C24H25NO7. The van der Waals surface area contributed by atoms with Crippen LogP contribution >= 0.6 is 0 Å². The summed E-state index contributed by atoms with van der Waals surface area (Å²) >= 11 is 0. The lowest BCUT2D eigenvalue weighted by atomic mass is 9.72. The molecule has 0 radical (unpaired) electrons. The minimum absolute atomic E-state index is 0.118. The van der Waals surface area contributed by atoms with Crippen LogP contribution in [0.15, 0.2) is 42.5 Å². The summed E-state index contributed by atoms with van der Waals surface area (Å²) in [5, 5.41) is 2.70. The first-order valence-corrected chi connectivity index (χ1v) is 10.1. The van der Waals surface area contributed by atoms with Crippen LogP contribution in [-0.2, 0) is 47.3 Å². The first-order chi connectivity index (χ1) is 15.2. The largest absolute Gasteiger partial charge is 0.488 e. The van der Waals surface area contributed by atoms with Crippen molar-refractivity contribution in [1.82, 2.24) is 0 Å². The smallest absolute Gasteiger partial charge is 0.363 e. The lowest BCUT2D eigenvalue weighted by Crippen LogP contribution is -2.53. The Morgan fingerprint density at radius 2 is 1.81 bits per heavy atom. The van der Waals surface area contributed by atoms with Crippen LogP contribution in [0.2, 0.25) is 0 Å². The Morgan fingerprint density at radius 3 is 2.41 bits per heavy atom. The van der Waals surface area contributed by atoms with Crippen molar-refractivity contribution in [2.24, 2.45) is 5.92 Å². The van der Waals surface area contributed by atoms with Crippen molar-refractivity contribution in [3.8, 4) is 5.75 Å². The maximum atomic E-state index is 13.3. The van der Waals surface area contributed by atoms with Crippen LogP contribution in [0.4, 0.5) is 5.69 Å². The number of hydrogen-bond donors (Lipinski definition) is 1. The second-order valence-corrected chi connectivity index (χ2v) is 7.70. The van der Waals surface area contributed by atoms with Crippen LogP contribution in [0.25, 0.3) is 0 Å². The highest BCUT2D eigenvalue weighted by molar-refractivity contribution is 6.12. The predicted molar refractivity (Wildman–Crippen MR) is 115 cm³/mol. The number of nitrogens with one attached hydrogen (secondary N) is 1. The molecular weight excluding hydrogens is 414 g/mol. The van der Waals surface area contributed by atoms with Gasteiger partial charge in [-0.25, -0.2) is 4.79 Å². The Kier molecular flexibility index (Phi) is 6.62. The topological polar surface area (TPSA) is 108 Å². The molecule has 168 valence electrons. The molecule has 32 heavy (non-hydrogen) atoms. The first kappa shape index (κ1) is 23.0. The zero-order valence-electron chi connectivity index (χ0n) is 18.4. The fraction of sp³-hybridized carbons (Fsp3) is 0.333. The van der Waals surface area contributed by atoms with Crippen LogP contribution in [0.5, 0.6) is 5.75 Å². The maximum absolute atomic E-state index is 13.3. The summed E-state index contributed by atoms with van der Waals surface area (Å²) in [6.45, 7) is 4.25. The summed E-state index contributed by atoms with van der Waals surface area (Å²) in [7, 11) is 1.12. The summed E-state index contributed by atoms with van der Waals surface area (Å²) in [6, 6.07) is 12.4. The highest BCUT2D eigenvalue weighted by Crippen LogP contribution is 2.46. The van der Waals surface area contributed by atoms with Gasteiger partial charge in [0.1, 0.15) is 12.4 Å². The summed E-state index contributed by atoms with van der Waals surface area (Å²) in [5.74, 6) is -3.22. The molecule has 2 aromatic rings. The van der Waals surface area contributed by atoms with Gasteiger partial charge in [0.2, 0.25) is 5.91 Å². The van der Waals surface area contributed by atoms with E-state index in [1.807, 2.05) is 30.3 Å². The average molecular weight is 439 g/mol. The van der Waals surface area contributed by atoms with E-state index in [1.165, 1.54) is 13.0 Å². The fourth-order valence-electron chi connectivity index (χ4n) is 3.96. The van der Waals surface area contributed by atoms with E-state index in [1.54, 1.807) is 13.0 Å². The van der Waals surface area contributed by atoms with E-state index < -0.39 is 29.2 Å². The van der Waals surface area contributed by atoms with Gasteiger partial charge in [-0.1, -0.05) is 37.3 Å². The van der Waals surface area contributed by atoms with Gasteiger partial charge in [0.25, 0.3) is 5.60 Å². The summed E-state index contributed by atoms with van der Waals surface area (Å²) in [6.07, 6.45) is 0.267. The Bertz CT molecular complexity index is 1060. The van der Waals surface area contributed by atoms with Crippen LogP contribution in [0, 0.1) is 5.92 Å². The number of Topliss-reactive ketones (excluding diaryl/α,β-unsaturated/α-hetero) is 1. The minimum Gasteiger partial charge on any atom is -0.488 e. The van der Waals surface area contributed by atoms with E-state index in [9.17, 15) is 19.2 Å². The molecule has 3 rings (SSSR count). The molecule has 2 atom stereocenters. The monoisotopic (exact) mass is 439 g/mol. The number of carbonyl (C=O) groups is 4. The van der Waals surface area contributed by atoms with Crippen LogP contribution in [0.3, 0.4) is 0 Å². The van der Waals surface area contributed by atoms with Gasteiger partial charge in [-0.2, -0.15) is 0 Å². The highest BCUT2D eigenvalue weighted by atomic mass is 16.6. The Labute approximate surface area is 185 Å². The van der Waals surface area contributed by atoms with Crippen LogP contribution in [-0.4, -0.2) is 30.7 Å². The number of ether oxygens (including phenoxy) is 3. The quantitative estimate of drug-likeness (QED) is 0.545. The van der Waals surface area contributed by atoms with Crippen molar-refractivity contribution < 1.29 is 33.4 Å². The third-order valence-electron chi connectivity index (χ3n) is 5.18. The second-order valence-electron chi connectivity index (χ2n) is 7.70. The van der Waals surface area contributed by atoms with Gasteiger partial charge in [0.05, 0.1) is 12.7 Å². The molecule has 0 saturated heterocycles. The minimum atomic E-state index is -2.30. The second kappa shape index (κ2) is 9.21. The number of carbonyl (C=O) groups excluding carboxylic acids is 4. The number of fused-ring (bicyclic) bond motifs is 1. The molecule has 1 aliphatic carbocycles. The number of esters is 2. The van der Waals surface area contributed by atoms with E-state index in [4.69, 9.17) is 14.2 Å². The number of rotatable bonds is 6. The third-order valence-corrected chi connectivity index (χ3v) is 5.18. The number of ketones is 1. The molecule has 0 heterocycles. The Hall–Kier alpha value is -3.68. The van der Waals surface area contributed by atoms with Crippen molar-refractivity contribution in [3.05, 3.63) is 59.2 Å². The zero-order chi connectivity index (χ0) is 23.5. The Morgan fingerprint density at radius 1 is 1.12 bits per heavy atom. The maximum Gasteiger partial charge on any atom is 0.363 e. The van der Waals surface area contributed by atoms with Crippen molar-refractivity contribution >= 4 is 29.3 Å². The molecule has 1 N–H and O–H groups in total. The van der Waals surface area contributed by atoms with Gasteiger partial charge in [-0.3, -0.25) is 14.4 Å². The van der Waals surface area contributed by atoms with Crippen molar-refractivity contribution in [3.63, 3.8) is 0 Å². The third kappa shape index (κ3) is 4.34. The van der Waals surface area contributed by atoms with E-state index >= 15 is 0 Å². The van der Waals surface area contributed by atoms with Gasteiger partial charge in [0.15, 0.2) is 5.78 Å². The molecule has 2 unspecified atom stereocenters. The van der Waals surface area contributed by atoms with E-state index in [2.05, 4.69) is 5.32 Å². The summed E-state index contributed by atoms with van der Waals surface area (Å²) < 4.78 is 16.4. The van der Waals surface area contributed by atoms with E-state index in [0.29, 0.717) is 11.3 Å². The molecule has 0 saturated carbocycles. The van der Waals surface area contributed by atoms with E-state index in [-0.39, 0.29) is 30.2 Å². The first-order valence-electron chi connectivity index (χ1n) is 10.1. The molecule has 0 aromatic heterocycles. The molecule has 0 aliphatic heterocycles. The van der Waals surface area contributed by atoms with Crippen molar-refractivity contribution in [1.29, 1.82) is 0 Å². The zero-order valence-corrected chi connectivity index (χ0v) is 18.4. The number of amides is 1. The molecule has 0 fully saturated rings. The molecule has 0 bridgehead atoms. The van der Waals surface area contributed by atoms with Crippen molar-refractivity contribution in [2.75, 3.05) is 12.4 Å². The van der Waals surface area contributed by atoms with E-state index in [0.717, 1.165) is 19.6 Å². The Balaban J connectivity index is 2.24. The van der Waals surface area contributed by atoms with Gasteiger partial charge in [-0.05, 0) is 23.6 Å². The summed E-state index contributed by atoms with van der Waals surface area (Å²) in [4.78, 5) is 50.0. The number of hydrogen-bond acceptors (Lipinski definition) is 7. The van der Waals surface area contributed by atoms with Crippen LogP contribution < -0.4 is 10.1 Å². The molecule has 2 aromatic carbocycles. The number of benzene rings is 2. The molecule has 8 heteroatoms. The fourth-order valence-corrected chi connectivity index (χ4v) is 3.96. The average Bonchev–Trinajstić information content (AvgIpc) is 2.74.